The Morgan fingerprint density at radius 2 is 1.97 bits per heavy atom. The molecular formula is C22H22N4O3. The van der Waals surface area contributed by atoms with Gasteiger partial charge in [0.2, 0.25) is 0 Å². The summed E-state index contributed by atoms with van der Waals surface area (Å²) in [7, 11) is 0. The van der Waals surface area contributed by atoms with Gasteiger partial charge in [0.1, 0.15) is 17.2 Å². The fourth-order valence-electron chi connectivity index (χ4n) is 3.28. The zero-order chi connectivity index (χ0) is 20.4. The highest BCUT2D eigenvalue weighted by molar-refractivity contribution is 5.79. The molecule has 0 saturated carbocycles. The summed E-state index contributed by atoms with van der Waals surface area (Å²) in [5, 5.41) is 4.48. The maximum atomic E-state index is 12.8. The lowest BCUT2D eigenvalue weighted by Crippen LogP contribution is -2.41. The Bertz CT molecular complexity index is 1190. The Morgan fingerprint density at radius 1 is 1.21 bits per heavy atom. The number of carbonyl (C=O) groups is 1. The Kier molecular flexibility index (Phi) is 5.03. The highest BCUT2D eigenvalue weighted by Gasteiger charge is 2.19. The Balaban J connectivity index is 1.50. The quantitative estimate of drug-likeness (QED) is 0.540. The van der Waals surface area contributed by atoms with Crippen LogP contribution in [0.5, 0.6) is 0 Å². The van der Waals surface area contributed by atoms with E-state index in [-0.39, 0.29) is 24.2 Å². The number of aromatic nitrogens is 2. The Morgan fingerprint density at radius 3 is 2.76 bits per heavy atom. The molecule has 0 radical (unpaired) electrons. The van der Waals surface area contributed by atoms with Crippen LogP contribution >= 0.6 is 0 Å². The number of furan rings is 1. The number of nitrogens with one attached hydrogen (secondary N) is 2. The van der Waals surface area contributed by atoms with Crippen molar-refractivity contribution < 1.29 is 9.21 Å². The largest absolute Gasteiger partial charge is 0.459 e. The van der Waals surface area contributed by atoms with Crippen LogP contribution in [0.25, 0.3) is 21.9 Å². The third-order valence-corrected chi connectivity index (χ3v) is 4.88. The molecule has 0 fully saturated rings. The van der Waals surface area contributed by atoms with Crippen molar-refractivity contribution in [1.29, 1.82) is 0 Å². The standard InChI is InChI=1S/C22H22N4O3/c1-3-26(13-20-24-17-10-6-5-9-16(17)21(27)25-20)22(28)23-14(2)19-12-15-8-4-7-11-18(15)29-19/h4-12,14H,3,13H2,1-2H3,(H,23,28)(H,24,25,27). The van der Waals surface area contributed by atoms with Crippen molar-refractivity contribution in [3.8, 4) is 0 Å². The fourth-order valence-corrected chi connectivity index (χ4v) is 3.28. The molecule has 29 heavy (non-hydrogen) atoms. The number of nitrogens with zero attached hydrogens (tertiary/aromatic N) is 2. The van der Waals surface area contributed by atoms with E-state index in [1.807, 2.05) is 50.2 Å². The topological polar surface area (TPSA) is 91.2 Å². The number of H-pyrrole nitrogens is 1. The highest BCUT2D eigenvalue weighted by atomic mass is 16.3. The van der Waals surface area contributed by atoms with Crippen molar-refractivity contribution in [2.75, 3.05) is 6.54 Å². The molecule has 0 aliphatic rings. The molecule has 2 N–H and O–H groups in total. The predicted molar refractivity (Wildman–Crippen MR) is 112 cm³/mol. The monoisotopic (exact) mass is 390 g/mol. The van der Waals surface area contributed by atoms with Gasteiger partial charge in [0.05, 0.1) is 23.5 Å². The van der Waals surface area contributed by atoms with E-state index in [1.165, 1.54) is 0 Å². The average Bonchev–Trinajstić information content (AvgIpc) is 3.16. The molecule has 4 aromatic rings. The van der Waals surface area contributed by atoms with E-state index in [2.05, 4.69) is 15.3 Å². The van der Waals surface area contributed by atoms with Gasteiger partial charge in [0.25, 0.3) is 5.56 Å². The van der Waals surface area contributed by atoms with Crippen LogP contribution in [-0.2, 0) is 6.54 Å². The van der Waals surface area contributed by atoms with Crippen LogP contribution in [-0.4, -0.2) is 27.4 Å². The van der Waals surface area contributed by atoms with Gasteiger partial charge in [-0.3, -0.25) is 4.79 Å². The maximum absolute atomic E-state index is 12.8. The number of fused-ring (bicyclic) bond motifs is 2. The summed E-state index contributed by atoms with van der Waals surface area (Å²) in [4.78, 5) is 33.9. The van der Waals surface area contributed by atoms with E-state index in [0.29, 0.717) is 29.0 Å². The SMILES string of the molecule is CCN(Cc1nc2ccccc2c(=O)[nH]1)C(=O)NC(C)c1cc2ccccc2o1. The highest BCUT2D eigenvalue weighted by Crippen LogP contribution is 2.23. The number of hydrogen-bond donors (Lipinski definition) is 2. The zero-order valence-electron chi connectivity index (χ0n) is 16.3. The summed E-state index contributed by atoms with van der Waals surface area (Å²) < 4.78 is 5.83. The molecule has 0 aliphatic carbocycles. The van der Waals surface area contributed by atoms with Gasteiger partial charge < -0.3 is 19.6 Å². The molecule has 148 valence electrons. The van der Waals surface area contributed by atoms with Gasteiger partial charge in [0, 0.05) is 11.9 Å². The van der Waals surface area contributed by atoms with Crippen LogP contribution in [0.4, 0.5) is 4.79 Å². The number of urea groups is 1. The number of hydrogen-bond acceptors (Lipinski definition) is 4. The number of aromatic amines is 1. The summed E-state index contributed by atoms with van der Waals surface area (Å²) in [5.41, 5.74) is 1.19. The molecular weight excluding hydrogens is 368 g/mol. The van der Waals surface area contributed by atoms with Gasteiger partial charge in [0.15, 0.2) is 0 Å². The smallest absolute Gasteiger partial charge is 0.318 e. The molecule has 0 bridgehead atoms. The lowest BCUT2D eigenvalue weighted by atomic mass is 10.2. The van der Waals surface area contributed by atoms with Gasteiger partial charge in [-0.2, -0.15) is 0 Å². The summed E-state index contributed by atoms with van der Waals surface area (Å²) in [6.45, 7) is 4.43. The minimum atomic E-state index is -0.299. The molecule has 2 aromatic heterocycles. The van der Waals surface area contributed by atoms with Gasteiger partial charge >= 0.3 is 6.03 Å². The normalized spacial score (nSPS) is 12.2. The van der Waals surface area contributed by atoms with Crippen LogP contribution in [0.2, 0.25) is 0 Å². The second kappa shape index (κ2) is 7.79. The summed E-state index contributed by atoms with van der Waals surface area (Å²) >= 11 is 0. The van der Waals surface area contributed by atoms with Crippen LogP contribution < -0.4 is 10.9 Å². The summed E-state index contributed by atoms with van der Waals surface area (Å²) in [6.07, 6.45) is 0. The molecule has 2 aromatic carbocycles. The number of amides is 2. The van der Waals surface area contributed by atoms with E-state index in [4.69, 9.17) is 4.42 Å². The van der Waals surface area contributed by atoms with Crippen molar-refractivity contribution in [1.82, 2.24) is 20.2 Å². The average molecular weight is 390 g/mol. The summed E-state index contributed by atoms with van der Waals surface area (Å²) in [5.74, 6) is 1.13. The molecule has 7 nitrogen and oxygen atoms in total. The van der Waals surface area contributed by atoms with Gasteiger partial charge in [-0.15, -0.1) is 0 Å². The molecule has 0 aliphatic heterocycles. The Hall–Kier alpha value is -3.61. The molecule has 2 amide bonds. The second-order valence-electron chi connectivity index (χ2n) is 6.90. The van der Waals surface area contributed by atoms with Crippen molar-refractivity contribution in [2.45, 2.75) is 26.4 Å². The molecule has 1 atom stereocenters. The first-order valence-corrected chi connectivity index (χ1v) is 9.57. The first-order chi connectivity index (χ1) is 14.0. The third kappa shape index (κ3) is 3.85. The fraction of sp³-hybridized carbons (Fsp3) is 0.227. The lowest BCUT2D eigenvalue weighted by molar-refractivity contribution is 0.192. The van der Waals surface area contributed by atoms with Crippen LogP contribution in [0.15, 0.2) is 63.8 Å². The van der Waals surface area contributed by atoms with Gasteiger partial charge in [-0.1, -0.05) is 30.3 Å². The second-order valence-corrected chi connectivity index (χ2v) is 6.90. The van der Waals surface area contributed by atoms with Gasteiger partial charge in [-0.25, -0.2) is 9.78 Å². The number of carbonyl (C=O) groups excluding carboxylic acids is 1. The first kappa shape index (κ1) is 18.7. The molecule has 1 unspecified atom stereocenters. The van der Waals surface area contributed by atoms with Crippen molar-refractivity contribution >= 4 is 27.9 Å². The maximum Gasteiger partial charge on any atom is 0.318 e. The minimum Gasteiger partial charge on any atom is -0.459 e. The van der Waals surface area contributed by atoms with Gasteiger partial charge in [-0.05, 0) is 38.1 Å². The molecule has 0 saturated heterocycles. The van der Waals surface area contributed by atoms with Crippen LogP contribution in [0.3, 0.4) is 0 Å². The van der Waals surface area contributed by atoms with E-state index in [0.717, 1.165) is 11.0 Å². The minimum absolute atomic E-state index is 0.204. The zero-order valence-corrected chi connectivity index (χ0v) is 16.3. The van der Waals surface area contributed by atoms with E-state index in [9.17, 15) is 9.59 Å². The van der Waals surface area contributed by atoms with Crippen molar-refractivity contribution in [3.05, 3.63) is 76.5 Å². The predicted octanol–water partition coefficient (Wildman–Crippen LogP) is 3.96. The van der Waals surface area contributed by atoms with E-state index in [1.54, 1.807) is 23.1 Å². The number of benzene rings is 2. The van der Waals surface area contributed by atoms with Crippen LogP contribution in [0, 0.1) is 0 Å². The van der Waals surface area contributed by atoms with Crippen molar-refractivity contribution in [3.63, 3.8) is 0 Å². The first-order valence-electron chi connectivity index (χ1n) is 9.57. The summed E-state index contributed by atoms with van der Waals surface area (Å²) in [6, 6.07) is 16.2. The molecule has 0 spiro atoms. The van der Waals surface area contributed by atoms with E-state index >= 15 is 0 Å². The van der Waals surface area contributed by atoms with Crippen molar-refractivity contribution in [2.24, 2.45) is 0 Å². The van der Waals surface area contributed by atoms with Crippen LogP contribution in [0.1, 0.15) is 31.5 Å². The third-order valence-electron chi connectivity index (χ3n) is 4.88. The molecule has 4 rings (SSSR count). The lowest BCUT2D eigenvalue weighted by Gasteiger charge is -2.23. The van der Waals surface area contributed by atoms with E-state index < -0.39 is 0 Å². The molecule has 7 heteroatoms. The number of rotatable bonds is 5. The molecule has 2 heterocycles. The Labute approximate surface area is 167 Å². The number of para-hydroxylation sites is 2.